The topological polar surface area (TPSA) is 21.3 Å². The van der Waals surface area contributed by atoms with Gasteiger partial charge in [-0.05, 0) is 42.8 Å². The summed E-state index contributed by atoms with van der Waals surface area (Å²) in [6.45, 7) is 0. The lowest BCUT2D eigenvalue weighted by molar-refractivity contribution is 0.385. The van der Waals surface area contributed by atoms with Gasteiger partial charge in [0.2, 0.25) is 0 Å². The number of hydrogen-bond acceptors (Lipinski definition) is 3. The normalized spacial score (nSPS) is 23.9. The standard InChI is InChI=1S/C13H18FNOS/c1-15-12-8-17-7-10(12)5-9-3-4-13(16-2)11(14)6-9/h3-4,6,10,12,15H,5,7-8H2,1-2H3. The zero-order valence-corrected chi connectivity index (χ0v) is 11.0. The Hall–Kier alpha value is -0.740. The van der Waals surface area contributed by atoms with E-state index in [2.05, 4.69) is 5.32 Å². The molecule has 17 heavy (non-hydrogen) atoms. The van der Waals surface area contributed by atoms with Crippen molar-refractivity contribution in [2.45, 2.75) is 12.5 Å². The number of halogens is 1. The van der Waals surface area contributed by atoms with Gasteiger partial charge in [0, 0.05) is 11.8 Å². The molecule has 1 aliphatic heterocycles. The van der Waals surface area contributed by atoms with Crippen LogP contribution in [0.15, 0.2) is 18.2 Å². The minimum atomic E-state index is -0.267. The average Bonchev–Trinajstić information content (AvgIpc) is 2.76. The summed E-state index contributed by atoms with van der Waals surface area (Å²) in [5.41, 5.74) is 1.05. The fourth-order valence-electron chi connectivity index (χ4n) is 2.26. The molecular formula is C13H18FNOS. The molecule has 94 valence electrons. The van der Waals surface area contributed by atoms with Crippen LogP contribution >= 0.6 is 11.8 Å². The molecule has 0 amide bonds. The van der Waals surface area contributed by atoms with Gasteiger partial charge in [0.15, 0.2) is 11.6 Å². The van der Waals surface area contributed by atoms with Crippen molar-refractivity contribution in [3.63, 3.8) is 0 Å². The number of methoxy groups -OCH3 is 1. The fourth-order valence-corrected chi connectivity index (χ4v) is 3.74. The van der Waals surface area contributed by atoms with Crippen LogP contribution in [0.3, 0.4) is 0 Å². The van der Waals surface area contributed by atoms with E-state index in [1.54, 1.807) is 12.1 Å². The Balaban J connectivity index is 2.05. The van der Waals surface area contributed by atoms with Crippen molar-refractivity contribution in [3.8, 4) is 5.75 Å². The largest absolute Gasteiger partial charge is 0.494 e. The van der Waals surface area contributed by atoms with E-state index in [0.717, 1.165) is 23.5 Å². The number of benzene rings is 1. The highest BCUT2D eigenvalue weighted by atomic mass is 32.2. The molecule has 1 aromatic carbocycles. The van der Waals surface area contributed by atoms with Gasteiger partial charge in [-0.1, -0.05) is 6.07 Å². The molecule has 1 aliphatic rings. The molecule has 0 aliphatic carbocycles. The van der Waals surface area contributed by atoms with Crippen molar-refractivity contribution in [1.29, 1.82) is 0 Å². The highest BCUT2D eigenvalue weighted by Crippen LogP contribution is 2.28. The molecule has 1 N–H and O–H groups in total. The smallest absolute Gasteiger partial charge is 0.165 e. The first-order chi connectivity index (χ1) is 8.24. The predicted octanol–water partition coefficient (Wildman–Crippen LogP) is 2.33. The average molecular weight is 255 g/mol. The third-order valence-electron chi connectivity index (χ3n) is 3.28. The van der Waals surface area contributed by atoms with E-state index in [1.165, 1.54) is 7.11 Å². The summed E-state index contributed by atoms with van der Waals surface area (Å²) in [5, 5.41) is 3.33. The lowest BCUT2D eigenvalue weighted by Gasteiger charge is -2.18. The summed E-state index contributed by atoms with van der Waals surface area (Å²) in [7, 11) is 3.49. The molecule has 2 atom stereocenters. The van der Waals surface area contributed by atoms with Gasteiger partial charge in [-0.15, -0.1) is 0 Å². The van der Waals surface area contributed by atoms with Gasteiger partial charge in [-0.25, -0.2) is 4.39 Å². The van der Waals surface area contributed by atoms with E-state index in [1.807, 2.05) is 24.9 Å². The summed E-state index contributed by atoms with van der Waals surface area (Å²) in [4.78, 5) is 0. The van der Waals surface area contributed by atoms with Crippen LogP contribution in [0.25, 0.3) is 0 Å². The SMILES string of the molecule is CNC1CSCC1Cc1ccc(OC)c(F)c1. The molecule has 0 spiro atoms. The number of nitrogens with one attached hydrogen (secondary N) is 1. The molecule has 1 saturated heterocycles. The molecule has 0 aromatic heterocycles. The maximum absolute atomic E-state index is 13.6. The summed E-state index contributed by atoms with van der Waals surface area (Å²) in [6, 6.07) is 5.80. The Morgan fingerprint density at radius 1 is 1.47 bits per heavy atom. The van der Waals surface area contributed by atoms with E-state index < -0.39 is 0 Å². The van der Waals surface area contributed by atoms with Crippen molar-refractivity contribution in [2.24, 2.45) is 5.92 Å². The van der Waals surface area contributed by atoms with Gasteiger partial charge in [-0.3, -0.25) is 0 Å². The molecule has 0 saturated carbocycles. The van der Waals surface area contributed by atoms with Crippen molar-refractivity contribution in [3.05, 3.63) is 29.6 Å². The summed E-state index contributed by atoms with van der Waals surface area (Å²) < 4.78 is 18.5. The van der Waals surface area contributed by atoms with Crippen LogP contribution in [-0.2, 0) is 6.42 Å². The van der Waals surface area contributed by atoms with E-state index in [0.29, 0.717) is 17.7 Å². The van der Waals surface area contributed by atoms with Gasteiger partial charge < -0.3 is 10.1 Å². The third kappa shape index (κ3) is 2.93. The van der Waals surface area contributed by atoms with E-state index >= 15 is 0 Å². The van der Waals surface area contributed by atoms with Crippen molar-refractivity contribution < 1.29 is 9.13 Å². The Labute approximate surface area is 106 Å². The first-order valence-corrected chi connectivity index (χ1v) is 6.97. The number of thioether (sulfide) groups is 1. The first-order valence-electron chi connectivity index (χ1n) is 5.82. The van der Waals surface area contributed by atoms with Crippen LogP contribution in [0.2, 0.25) is 0 Å². The van der Waals surface area contributed by atoms with Gasteiger partial charge in [0.05, 0.1) is 7.11 Å². The molecule has 2 rings (SSSR count). The second-order valence-corrected chi connectivity index (χ2v) is 5.44. The molecule has 0 radical (unpaired) electrons. The lowest BCUT2D eigenvalue weighted by Crippen LogP contribution is -2.33. The summed E-state index contributed by atoms with van der Waals surface area (Å²) in [6.07, 6.45) is 0.930. The van der Waals surface area contributed by atoms with Gasteiger partial charge >= 0.3 is 0 Å². The maximum atomic E-state index is 13.6. The molecule has 1 heterocycles. The van der Waals surface area contributed by atoms with Gasteiger partial charge in [0.25, 0.3) is 0 Å². The molecule has 2 nitrogen and oxygen atoms in total. The monoisotopic (exact) mass is 255 g/mol. The summed E-state index contributed by atoms with van der Waals surface area (Å²) >= 11 is 1.97. The number of rotatable bonds is 4. The molecular weight excluding hydrogens is 237 g/mol. The van der Waals surface area contributed by atoms with Crippen molar-refractivity contribution in [1.82, 2.24) is 5.32 Å². The summed E-state index contributed by atoms with van der Waals surface area (Å²) in [5.74, 6) is 2.95. The molecule has 2 unspecified atom stereocenters. The molecule has 1 fully saturated rings. The highest BCUT2D eigenvalue weighted by molar-refractivity contribution is 7.99. The second-order valence-electron chi connectivity index (χ2n) is 4.37. The Morgan fingerprint density at radius 3 is 2.94 bits per heavy atom. The van der Waals surface area contributed by atoms with Gasteiger partial charge in [0.1, 0.15) is 0 Å². The Kier molecular flexibility index (Phi) is 4.29. The molecule has 1 aromatic rings. The first kappa shape index (κ1) is 12.7. The minimum absolute atomic E-state index is 0.267. The Morgan fingerprint density at radius 2 is 2.29 bits per heavy atom. The lowest BCUT2D eigenvalue weighted by atomic mass is 9.95. The zero-order chi connectivity index (χ0) is 12.3. The van der Waals surface area contributed by atoms with Crippen LogP contribution in [0, 0.1) is 11.7 Å². The van der Waals surface area contributed by atoms with E-state index in [9.17, 15) is 4.39 Å². The quantitative estimate of drug-likeness (QED) is 0.892. The second kappa shape index (κ2) is 5.74. The van der Waals surface area contributed by atoms with Crippen LogP contribution < -0.4 is 10.1 Å². The van der Waals surface area contributed by atoms with Crippen LogP contribution in [0.4, 0.5) is 4.39 Å². The van der Waals surface area contributed by atoms with Crippen LogP contribution in [0.1, 0.15) is 5.56 Å². The van der Waals surface area contributed by atoms with Crippen LogP contribution in [-0.4, -0.2) is 31.7 Å². The van der Waals surface area contributed by atoms with E-state index in [4.69, 9.17) is 4.74 Å². The van der Waals surface area contributed by atoms with Crippen LogP contribution in [0.5, 0.6) is 5.75 Å². The number of hydrogen-bond donors (Lipinski definition) is 1. The molecule has 4 heteroatoms. The number of ether oxygens (including phenoxy) is 1. The van der Waals surface area contributed by atoms with E-state index in [-0.39, 0.29) is 5.82 Å². The fraction of sp³-hybridized carbons (Fsp3) is 0.538. The van der Waals surface area contributed by atoms with Gasteiger partial charge in [-0.2, -0.15) is 11.8 Å². The Bertz CT molecular complexity index is 386. The molecule has 0 bridgehead atoms. The maximum Gasteiger partial charge on any atom is 0.165 e. The zero-order valence-electron chi connectivity index (χ0n) is 10.2. The highest BCUT2D eigenvalue weighted by Gasteiger charge is 2.26. The third-order valence-corrected chi connectivity index (χ3v) is 4.54. The predicted molar refractivity (Wildman–Crippen MR) is 70.3 cm³/mol. The van der Waals surface area contributed by atoms with Crippen molar-refractivity contribution in [2.75, 3.05) is 25.7 Å². The minimum Gasteiger partial charge on any atom is -0.494 e. The van der Waals surface area contributed by atoms with Crippen molar-refractivity contribution >= 4 is 11.8 Å².